The van der Waals surface area contributed by atoms with E-state index in [1.165, 1.54) is 5.56 Å². The van der Waals surface area contributed by atoms with E-state index in [9.17, 15) is 0 Å². The average molecular weight is 303 g/mol. The van der Waals surface area contributed by atoms with Crippen LogP contribution in [0.1, 0.15) is 5.56 Å². The van der Waals surface area contributed by atoms with Gasteiger partial charge in [0.25, 0.3) is 0 Å². The summed E-state index contributed by atoms with van der Waals surface area (Å²) < 4.78 is 21.8. The summed E-state index contributed by atoms with van der Waals surface area (Å²) in [6.07, 6.45) is 3.58. The maximum atomic E-state index is 5.80. The topological polar surface area (TPSA) is 44.1 Å². The lowest BCUT2D eigenvalue weighted by Crippen LogP contribution is -2.44. The van der Waals surface area contributed by atoms with Crippen molar-refractivity contribution in [3.63, 3.8) is 0 Å². The Labute approximate surface area is 130 Å². The van der Waals surface area contributed by atoms with Gasteiger partial charge >= 0.3 is 0 Å². The molecule has 1 saturated heterocycles. The maximum absolute atomic E-state index is 5.80. The summed E-state index contributed by atoms with van der Waals surface area (Å²) in [6, 6.07) is 9.60. The lowest BCUT2D eigenvalue weighted by Gasteiger charge is -2.32. The van der Waals surface area contributed by atoms with E-state index in [1.807, 2.05) is 30.3 Å². The van der Waals surface area contributed by atoms with E-state index in [4.69, 9.17) is 18.6 Å². The molecule has 0 amide bonds. The molecule has 0 bridgehead atoms. The van der Waals surface area contributed by atoms with Gasteiger partial charge in [-0.2, -0.15) is 0 Å². The van der Waals surface area contributed by atoms with Gasteiger partial charge in [0, 0.05) is 25.2 Å². The fourth-order valence-corrected chi connectivity index (χ4v) is 2.53. The Morgan fingerprint density at radius 1 is 1.18 bits per heavy atom. The van der Waals surface area contributed by atoms with Gasteiger partial charge in [-0.25, -0.2) is 0 Å². The molecule has 0 radical (unpaired) electrons. The lowest BCUT2D eigenvalue weighted by molar-refractivity contribution is -0.0504. The van der Waals surface area contributed by atoms with Crippen LogP contribution in [0.3, 0.4) is 0 Å². The van der Waals surface area contributed by atoms with Crippen molar-refractivity contribution in [1.29, 1.82) is 0 Å². The van der Waals surface area contributed by atoms with Crippen LogP contribution in [-0.2, 0) is 11.3 Å². The van der Waals surface area contributed by atoms with Gasteiger partial charge in [-0.15, -0.1) is 0 Å². The first-order valence-corrected chi connectivity index (χ1v) is 7.45. The summed E-state index contributed by atoms with van der Waals surface area (Å²) in [7, 11) is 1.65. The van der Waals surface area contributed by atoms with Gasteiger partial charge in [-0.3, -0.25) is 4.90 Å². The number of ether oxygens (including phenoxy) is 3. The van der Waals surface area contributed by atoms with Crippen LogP contribution in [0.2, 0.25) is 0 Å². The van der Waals surface area contributed by atoms with E-state index in [0.717, 1.165) is 37.7 Å². The fraction of sp³-hybridized carbons (Fsp3) is 0.412. The second-order valence-corrected chi connectivity index (χ2v) is 5.35. The third kappa shape index (κ3) is 4.02. The minimum Gasteiger partial charge on any atom is -0.497 e. The molecule has 0 aliphatic carbocycles. The van der Waals surface area contributed by atoms with Crippen LogP contribution in [0, 0.1) is 0 Å². The molecule has 1 aromatic heterocycles. The van der Waals surface area contributed by atoms with Crippen molar-refractivity contribution in [2.45, 2.75) is 12.6 Å². The highest BCUT2D eigenvalue weighted by Gasteiger charge is 2.21. The molecule has 1 aromatic carbocycles. The standard InChI is InChI=1S/C17H21NO4/c1-19-15-2-4-16(5-3-15)22-13-17-11-18(7-9-21-17)10-14-6-8-20-12-14/h2-6,8,12,17H,7,9-11,13H2,1H3. The summed E-state index contributed by atoms with van der Waals surface area (Å²) in [4.78, 5) is 2.36. The fourth-order valence-electron chi connectivity index (χ4n) is 2.53. The Hall–Kier alpha value is -1.98. The van der Waals surface area contributed by atoms with E-state index in [2.05, 4.69) is 4.90 Å². The van der Waals surface area contributed by atoms with Crippen molar-refractivity contribution >= 4 is 0 Å². The molecule has 2 heterocycles. The Morgan fingerprint density at radius 2 is 2.00 bits per heavy atom. The Kier molecular flexibility index (Phi) is 4.98. The minimum atomic E-state index is 0.0859. The molecule has 5 heteroatoms. The zero-order valence-corrected chi connectivity index (χ0v) is 12.7. The van der Waals surface area contributed by atoms with Gasteiger partial charge in [-0.1, -0.05) is 0 Å². The van der Waals surface area contributed by atoms with Crippen molar-refractivity contribution in [2.24, 2.45) is 0 Å². The van der Waals surface area contributed by atoms with E-state index >= 15 is 0 Å². The monoisotopic (exact) mass is 303 g/mol. The van der Waals surface area contributed by atoms with Gasteiger partial charge in [-0.05, 0) is 30.3 Å². The van der Waals surface area contributed by atoms with Crippen LogP contribution in [-0.4, -0.2) is 44.4 Å². The first-order chi connectivity index (χ1) is 10.8. The third-order valence-electron chi connectivity index (χ3n) is 3.70. The molecule has 22 heavy (non-hydrogen) atoms. The van der Waals surface area contributed by atoms with Crippen LogP contribution < -0.4 is 9.47 Å². The molecule has 0 saturated carbocycles. The van der Waals surface area contributed by atoms with E-state index < -0.39 is 0 Å². The smallest absolute Gasteiger partial charge is 0.119 e. The number of hydrogen-bond donors (Lipinski definition) is 0. The molecular weight excluding hydrogens is 282 g/mol. The Balaban J connectivity index is 1.47. The van der Waals surface area contributed by atoms with Gasteiger partial charge in [0.2, 0.25) is 0 Å². The number of rotatable bonds is 6. The molecule has 2 aromatic rings. The Morgan fingerprint density at radius 3 is 2.73 bits per heavy atom. The quantitative estimate of drug-likeness (QED) is 0.820. The molecule has 0 spiro atoms. The van der Waals surface area contributed by atoms with E-state index in [0.29, 0.717) is 6.61 Å². The predicted molar refractivity (Wildman–Crippen MR) is 82.2 cm³/mol. The van der Waals surface area contributed by atoms with Crippen LogP contribution in [0.4, 0.5) is 0 Å². The molecule has 5 nitrogen and oxygen atoms in total. The number of nitrogens with zero attached hydrogens (tertiary/aromatic N) is 1. The first kappa shape index (κ1) is 14.9. The summed E-state index contributed by atoms with van der Waals surface area (Å²) in [6.45, 7) is 3.97. The van der Waals surface area contributed by atoms with Gasteiger partial charge in [0.1, 0.15) is 24.2 Å². The zero-order chi connectivity index (χ0) is 15.2. The number of hydrogen-bond acceptors (Lipinski definition) is 5. The highest BCUT2D eigenvalue weighted by molar-refractivity contribution is 5.31. The number of furan rings is 1. The van der Waals surface area contributed by atoms with Crippen LogP contribution in [0.25, 0.3) is 0 Å². The summed E-state index contributed by atoms with van der Waals surface area (Å²) >= 11 is 0. The van der Waals surface area contributed by atoms with Crippen molar-refractivity contribution in [2.75, 3.05) is 33.4 Å². The van der Waals surface area contributed by atoms with Gasteiger partial charge in [0.15, 0.2) is 0 Å². The van der Waals surface area contributed by atoms with Crippen LogP contribution >= 0.6 is 0 Å². The van der Waals surface area contributed by atoms with Crippen molar-refractivity contribution in [3.05, 3.63) is 48.4 Å². The largest absolute Gasteiger partial charge is 0.497 e. The van der Waals surface area contributed by atoms with Gasteiger partial charge in [0.05, 0.1) is 26.2 Å². The molecular formula is C17H21NO4. The number of morpholine rings is 1. The van der Waals surface area contributed by atoms with Crippen molar-refractivity contribution in [3.8, 4) is 11.5 Å². The summed E-state index contributed by atoms with van der Waals surface area (Å²) in [5.41, 5.74) is 1.19. The lowest BCUT2D eigenvalue weighted by atomic mass is 10.2. The zero-order valence-electron chi connectivity index (χ0n) is 12.7. The molecule has 1 atom stereocenters. The van der Waals surface area contributed by atoms with Gasteiger partial charge < -0.3 is 18.6 Å². The van der Waals surface area contributed by atoms with E-state index in [-0.39, 0.29) is 6.10 Å². The number of methoxy groups -OCH3 is 1. The third-order valence-corrected chi connectivity index (χ3v) is 3.70. The SMILES string of the molecule is COc1ccc(OCC2CN(Cc3ccoc3)CCO2)cc1. The molecule has 1 aliphatic rings. The van der Waals surface area contributed by atoms with Crippen LogP contribution in [0.15, 0.2) is 47.3 Å². The Bertz CT molecular complexity index is 553. The molecule has 1 aliphatic heterocycles. The summed E-state index contributed by atoms with van der Waals surface area (Å²) in [5.74, 6) is 1.66. The van der Waals surface area contributed by atoms with Crippen molar-refractivity contribution < 1.29 is 18.6 Å². The van der Waals surface area contributed by atoms with E-state index in [1.54, 1.807) is 19.6 Å². The average Bonchev–Trinajstić information content (AvgIpc) is 3.07. The number of benzene rings is 1. The highest BCUT2D eigenvalue weighted by atomic mass is 16.5. The van der Waals surface area contributed by atoms with Crippen molar-refractivity contribution in [1.82, 2.24) is 4.90 Å². The molecule has 1 fully saturated rings. The molecule has 0 N–H and O–H groups in total. The molecule has 118 valence electrons. The minimum absolute atomic E-state index is 0.0859. The normalized spacial score (nSPS) is 19.0. The maximum Gasteiger partial charge on any atom is 0.119 e. The summed E-state index contributed by atoms with van der Waals surface area (Å²) in [5, 5.41) is 0. The van der Waals surface area contributed by atoms with Crippen LogP contribution in [0.5, 0.6) is 11.5 Å². The second-order valence-electron chi connectivity index (χ2n) is 5.35. The molecule has 3 rings (SSSR count). The predicted octanol–water partition coefficient (Wildman–Crippen LogP) is 2.57. The highest BCUT2D eigenvalue weighted by Crippen LogP contribution is 2.18. The molecule has 1 unspecified atom stereocenters. The first-order valence-electron chi connectivity index (χ1n) is 7.45. The second kappa shape index (κ2) is 7.33.